The summed E-state index contributed by atoms with van der Waals surface area (Å²) < 4.78 is 19.1. The molecular formula is C13H18FNO2. The van der Waals surface area contributed by atoms with E-state index < -0.39 is 0 Å². The molecule has 17 heavy (non-hydrogen) atoms. The molecule has 0 amide bonds. The Morgan fingerprint density at radius 2 is 2.18 bits per heavy atom. The third-order valence-electron chi connectivity index (χ3n) is 2.96. The molecule has 1 fully saturated rings. The monoisotopic (exact) mass is 239 g/mol. The first-order valence-electron chi connectivity index (χ1n) is 5.91. The van der Waals surface area contributed by atoms with Crippen LogP contribution in [-0.2, 0) is 11.3 Å². The van der Waals surface area contributed by atoms with Crippen molar-refractivity contribution in [2.75, 3.05) is 19.7 Å². The van der Waals surface area contributed by atoms with Crippen LogP contribution in [0.5, 0.6) is 0 Å². The van der Waals surface area contributed by atoms with Crippen LogP contribution in [0.25, 0.3) is 0 Å². The van der Waals surface area contributed by atoms with Gasteiger partial charge in [-0.1, -0.05) is 18.2 Å². The van der Waals surface area contributed by atoms with Gasteiger partial charge >= 0.3 is 0 Å². The molecule has 94 valence electrons. The number of ether oxygens (including phenoxy) is 1. The molecule has 3 nitrogen and oxygen atoms in total. The van der Waals surface area contributed by atoms with Crippen molar-refractivity contribution in [3.63, 3.8) is 0 Å². The molecule has 1 aliphatic heterocycles. The summed E-state index contributed by atoms with van der Waals surface area (Å²) in [6, 6.07) is 6.80. The fraction of sp³-hybridized carbons (Fsp3) is 0.538. The highest BCUT2D eigenvalue weighted by Crippen LogP contribution is 2.15. The lowest BCUT2D eigenvalue weighted by Crippen LogP contribution is -2.47. The summed E-state index contributed by atoms with van der Waals surface area (Å²) >= 11 is 0. The molecule has 1 saturated heterocycles. The standard InChI is InChI=1S/C13H18FNO2/c1-10-6-15(8-12(9-16)17-10)7-11-4-2-3-5-13(11)14/h2-5,10,12,16H,6-9H2,1H3. The molecule has 0 aromatic heterocycles. The third-order valence-corrected chi connectivity index (χ3v) is 2.96. The Labute approximate surface area is 101 Å². The summed E-state index contributed by atoms with van der Waals surface area (Å²) in [7, 11) is 0. The van der Waals surface area contributed by atoms with Crippen molar-refractivity contribution in [3.8, 4) is 0 Å². The fourth-order valence-electron chi connectivity index (χ4n) is 2.24. The number of benzene rings is 1. The van der Waals surface area contributed by atoms with Crippen molar-refractivity contribution in [2.24, 2.45) is 0 Å². The first-order chi connectivity index (χ1) is 8.19. The van der Waals surface area contributed by atoms with Crippen LogP contribution in [-0.4, -0.2) is 41.9 Å². The highest BCUT2D eigenvalue weighted by atomic mass is 19.1. The molecular weight excluding hydrogens is 221 g/mol. The Kier molecular flexibility index (Phi) is 4.10. The van der Waals surface area contributed by atoms with Crippen LogP contribution < -0.4 is 0 Å². The maximum atomic E-state index is 13.5. The van der Waals surface area contributed by atoms with Gasteiger partial charge in [-0.15, -0.1) is 0 Å². The lowest BCUT2D eigenvalue weighted by atomic mass is 10.1. The van der Waals surface area contributed by atoms with Gasteiger partial charge in [0.15, 0.2) is 0 Å². The quantitative estimate of drug-likeness (QED) is 0.865. The summed E-state index contributed by atoms with van der Waals surface area (Å²) in [6.07, 6.45) is -0.0850. The second kappa shape index (κ2) is 5.58. The molecule has 4 heteroatoms. The zero-order chi connectivity index (χ0) is 12.3. The van der Waals surface area contributed by atoms with Gasteiger partial charge in [0.25, 0.3) is 0 Å². The van der Waals surface area contributed by atoms with Crippen molar-refractivity contribution in [1.82, 2.24) is 4.90 Å². The van der Waals surface area contributed by atoms with E-state index in [9.17, 15) is 4.39 Å². The van der Waals surface area contributed by atoms with Crippen LogP contribution in [0.2, 0.25) is 0 Å². The van der Waals surface area contributed by atoms with Crippen molar-refractivity contribution in [1.29, 1.82) is 0 Å². The lowest BCUT2D eigenvalue weighted by Gasteiger charge is -2.36. The first-order valence-corrected chi connectivity index (χ1v) is 5.91. The van der Waals surface area contributed by atoms with Gasteiger partial charge < -0.3 is 9.84 Å². The van der Waals surface area contributed by atoms with E-state index in [-0.39, 0.29) is 24.6 Å². The maximum Gasteiger partial charge on any atom is 0.127 e. The summed E-state index contributed by atoms with van der Waals surface area (Å²) in [4.78, 5) is 2.12. The number of hydrogen-bond donors (Lipinski definition) is 1. The van der Waals surface area contributed by atoms with Crippen molar-refractivity contribution in [3.05, 3.63) is 35.6 Å². The van der Waals surface area contributed by atoms with Gasteiger partial charge in [-0.3, -0.25) is 4.90 Å². The molecule has 2 rings (SSSR count). The normalized spacial score (nSPS) is 26.1. The molecule has 0 saturated carbocycles. The van der Waals surface area contributed by atoms with Gasteiger partial charge in [0, 0.05) is 25.2 Å². The van der Waals surface area contributed by atoms with Crippen LogP contribution in [0.4, 0.5) is 4.39 Å². The Bertz CT molecular complexity index is 372. The highest BCUT2D eigenvalue weighted by Gasteiger charge is 2.24. The van der Waals surface area contributed by atoms with E-state index in [1.165, 1.54) is 6.07 Å². The van der Waals surface area contributed by atoms with Crippen LogP contribution >= 0.6 is 0 Å². The Balaban J connectivity index is 2.01. The third kappa shape index (κ3) is 3.25. The zero-order valence-electron chi connectivity index (χ0n) is 9.97. The largest absolute Gasteiger partial charge is 0.394 e. The van der Waals surface area contributed by atoms with E-state index in [2.05, 4.69) is 4.90 Å². The second-order valence-electron chi connectivity index (χ2n) is 4.54. The van der Waals surface area contributed by atoms with Crippen LogP contribution in [0, 0.1) is 5.82 Å². The molecule has 0 radical (unpaired) electrons. The number of aliphatic hydroxyl groups is 1. The van der Waals surface area contributed by atoms with E-state index in [1.54, 1.807) is 12.1 Å². The topological polar surface area (TPSA) is 32.7 Å². The highest BCUT2D eigenvalue weighted by molar-refractivity contribution is 5.17. The minimum absolute atomic E-state index is 0.0120. The second-order valence-corrected chi connectivity index (χ2v) is 4.54. The van der Waals surface area contributed by atoms with Gasteiger partial charge in [-0.2, -0.15) is 0 Å². The Morgan fingerprint density at radius 3 is 2.88 bits per heavy atom. The Morgan fingerprint density at radius 1 is 1.41 bits per heavy atom. The molecule has 2 atom stereocenters. The Hall–Kier alpha value is -0.970. The number of halogens is 1. The summed E-state index contributed by atoms with van der Waals surface area (Å²) in [5, 5.41) is 9.12. The molecule has 1 heterocycles. The predicted molar refractivity (Wildman–Crippen MR) is 63.1 cm³/mol. The van der Waals surface area contributed by atoms with Gasteiger partial charge in [-0.05, 0) is 13.0 Å². The van der Waals surface area contributed by atoms with E-state index in [0.717, 1.165) is 6.54 Å². The van der Waals surface area contributed by atoms with Crippen molar-refractivity contribution >= 4 is 0 Å². The zero-order valence-corrected chi connectivity index (χ0v) is 9.97. The minimum Gasteiger partial charge on any atom is -0.394 e. The van der Waals surface area contributed by atoms with Crippen LogP contribution in [0.15, 0.2) is 24.3 Å². The SMILES string of the molecule is CC1CN(Cc2ccccc2F)CC(CO)O1. The number of morpholine rings is 1. The molecule has 1 aromatic rings. The number of hydrogen-bond acceptors (Lipinski definition) is 3. The van der Waals surface area contributed by atoms with E-state index in [4.69, 9.17) is 9.84 Å². The van der Waals surface area contributed by atoms with Gasteiger partial charge in [0.2, 0.25) is 0 Å². The summed E-state index contributed by atoms with van der Waals surface area (Å²) in [6.45, 7) is 3.96. The molecule has 1 aliphatic rings. The smallest absolute Gasteiger partial charge is 0.127 e. The molecule has 0 bridgehead atoms. The average molecular weight is 239 g/mol. The van der Waals surface area contributed by atoms with E-state index >= 15 is 0 Å². The fourth-order valence-corrected chi connectivity index (χ4v) is 2.24. The van der Waals surface area contributed by atoms with Crippen LogP contribution in [0.3, 0.4) is 0 Å². The number of rotatable bonds is 3. The molecule has 0 spiro atoms. The molecule has 1 aromatic carbocycles. The predicted octanol–water partition coefficient (Wildman–Crippen LogP) is 1.41. The molecule has 0 aliphatic carbocycles. The van der Waals surface area contributed by atoms with Crippen molar-refractivity contribution in [2.45, 2.75) is 25.7 Å². The van der Waals surface area contributed by atoms with Gasteiger partial charge in [0.05, 0.1) is 18.8 Å². The number of nitrogens with zero attached hydrogens (tertiary/aromatic N) is 1. The average Bonchev–Trinajstić information content (AvgIpc) is 2.31. The number of aliphatic hydroxyl groups excluding tert-OH is 1. The minimum atomic E-state index is -0.174. The lowest BCUT2D eigenvalue weighted by molar-refractivity contribution is -0.0974. The van der Waals surface area contributed by atoms with Crippen LogP contribution in [0.1, 0.15) is 12.5 Å². The summed E-state index contributed by atoms with van der Waals surface area (Å²) in [5.41, 5.74) is 0.693. The molecule has 2 unspecified atom stereocenters. The van der Waals surface area contributed by atoms with Gasteiger partial charge in [-0.25, -0.2) is 4.39 Å². The molecule has 1 N–H and O–H groups in total. The van der Waals surface area contributed by atoms with Crippen molar-refractivity contribution < 1.29 is 14.2 Å². The van der Waals surface area contributed by atoms with E-state index in [0.29, 0.717) is 18.7 Å². The first kappa shape index (κ1) is 12.5. The van der Waals surface area contributed by atoms with Gasteiger partial charge in [0.1, 0.15) is 5.82 Å². The maximum absolute atomic E-state index is 13.5. The summed E-state index contributed by atoms with van der Waals surface area (Å²) in [5.74, 6) is -0.174. The van der Waals surface area contributed by atoms with E-state index in [1.807, 2.05) is 13.0 Å².